The van der Waals surface area contributed by atoms with E-state index in [2.05, 4.69) is 5.48 Å². The van der Waals surface area contributed by atoms with Gasteiger partial charge in [-0.05, 0) is 47.5 Å². The number of halogens is 3. The number of carbonyl (C=O) groups is 1. The second-order valence-electron chi connectivity index (χ2n) is 10.4. The van der Waals surface area contributed by atoms with Crippen LogP contribution >= 0.6 is 0 Å². The zero-order valence-corrected chi connectivity index (χ0v) is 25.4. The molecule has 0 aliphatic carbocycles. The first-order valence-electron chi connectivity index (χ1n) is 14.9. The van der Waals surface area contributed by atoms with Crippen molar-refractivity contribution in [1.82, 2.24) is 5.48 Å². The Hall–Kier alpha value is -4.78. The van der Waals surface area contributed by atoms with E-state index in [1.165, 1.54) is 12.1 Å². The highest BCUT2D eigenvalue weighted by molar-refractivity contribution is 5.76. The fourth-order valence-corrected chi connectivity index (χ4v) is 4.65. The Kier molecular flexibility index (Phi) is 11.6. The van der Waals surface area contributed by atoms with Crippen LogP contribution in [0.15, 0.2) is 103 Å². The van der Waals surface area contributed by atoms with Crippen LogP contribution in [0.1, 0.15) is 16.7 Å². The van der Waals surface area contributed by atoms with E-state index in [1.807, 2.05) is 30.3 Å². The summed E-state index contributed by atoms with van der Waals surface area (Å²) in [6, 6.07) is 27.5. The van der Waals surface area contributed by atoms with Gasteiger partial charge in [0.2, 0.25) is 0 Å². The number of fused-ring (bicyclic) bond motifs is 2. The number of amides is 1. The van der Waals surface area contributed by atoms with Gasteiger partial charge in [-0.1, -0.05) is 66.7 Å². The molecule has 5 rings (SSSR count). The summed E-state index contributed by atoms with van der Waals surface area (Å²) in [7, 11) is 0. The Morgan fingerprint density at radius 2 is 1.26 bits per heavy atom. The van der Waals surface area contributed by atoms with E-state index in [0.717, 1.165) is 17.7 Å². The number of hydrogen-bond donors (Lipinski definition) is 1. The maximum atomic E-state index is 13.9. The average Bonchev–Trinajstić information content (AvgIpc) is 3.08. The van der Waals surface area contributed by atoms with Crippen molar-refractivity contribution < 1.29 is 51.2 Å². The van der Waals surface area contributed by atoms with Crippen LogP contribution in [0.4, 0.5) is 13.2 Å². The molecule has 0 saturated carbocycles. The molecule has 47 heavy (non-hydrogen) atoms. The molecule has 1 N–H and O–H groups in total. The number of nitrogens with one attached hydrogen (secondary N) is 1. The monoisotopic (exact) mass is 653 g/mol. The van der Waals surface area contributed by atoms with Gasteiger partial charge in [0, 0.05) is 0 Å². The lowest BCUT2D eigenvalue weighted by Crippen LogP contribution is -2.45. The Morgan fingerprint density at radius 3 is 1.83 bits per heavy atom. The minimum Gasteiger partial charge on any atom is -0.487 e. The predicted molar refractivity (Wildman–Crippen MR) is 164 cm³/mol. The number of benzene rings is 4. The van der Waals surface area contributed by atoms with Crippen LogP contribution in [0.3, 0.4) is 0 Å². The lowest BCUT2D eigenvalue weighted by Gasteiger charge is -2.34. The third-order valence-electron chi connectivity index (χ3n) is 7.05. The number of alkyl halides is 3. The van der Waals surface area contributed by atoms with Crippen molar-refractivity contribution in [2.24, 2.45) is 0 Å². The minimum atomic E-state index is -4.65. The van der Waals surface area contributed by atoms with Gasteiger partial charge in [-0.15, -0.1) is 0 Å². The molecule has 0 radical (unpaired) electrons. The van der Waals surface area contributed by atoms with E-state index >= 15 is 0 Å². The van der Waals surface area contributed by atoms with Gasteiger partial charge in [-0.25, -0.2) is 5.48 Å². The molecule has 1 amide bonds. The maximum absolute atomic E-state index is 13.9. The molecule has 0 fully saturated rings. The molecule has 12 heteroatoms. The third-order valence-corrected chi connectivity index (χ3v) is 7.05. The molecule has 1 aliphatic rings. The molecule has 0 aromatic heterocycles. The second kappa shape index (κ2) is 16.2. The van der Waals surface area contributed by atoms with Gasteiger partial charge < -0.3 is 28.4 Å². The van der Waals surface area contributed by atoms with E-state index < -0.39 is 29.9 Å². The Balaban J connectivity index is 1.48. The van der Waals surface area contributed by atoms with Gasteiger partial charge in [-0.2, -0.15) is 13.2 Å². The van der Waals surface area contributed by atoms with Gasteiger partial charge in [0.15, 0.2) is 28.6 Å². The summed E-state index contributed by atoms with van der Waals surface area (Å²) < 4.78 is 77.8. The number of ether oxygens (including phenoxy) is 6. The number of rotatable bonds is 7. The fourth-order valence-electron chi connectivity index (χ4n) is 4.65. The number of para-hydroxylation sites is 4. The van der Waals surface area contributed by atoms with Crippen LogP contribution in [0.25, 0.3) is 0 Å². The fraction of sp³-hybridized carbons (Fsp3) is 0.286. The summed E-state index contributed by atoms with van der Waals surface area (Å²) in [4.78, 5) is 18.3. The molecule has 0 spiro atoms. The molecule has 4 aromatic carbocycles. The summed E-state index contributed by atoms with van der Waals surface area (Å²) in [6.07, 6.45) is -4.65. The van der Waals surface area contributed by atoms with Crippen molar-refractivity contribution in [3.05, 3.63) is 120 Å². The molecular formula is C35H34F3NO8. The van der Waals surface area contributed by atoms with Crippen LogP contribution < -0.4 is 24.4 Å². The van der Waals surface area contributed by atoms with Crippen molar-refractivity contribution in [3.8, 4) is 23.0 Å². The summed E-state index contributed by atoms with van der Waals surface area (Å²) in [6.45, 7) is -0.291. The molecule has 0 unspecified atom stereocenters. The van der Waals surface area contributed by atoms with E-state index in [9.17, 15) is 18.0 Å². The Morgan fingerprint density at radius 1 is 0.702 bits per heavy atom. The predicted octanol–water partition coefficient (Wildman–Crippen LogP) is 6.11. The molecule has 4 aromatic rings. The van der Waals surface area contributed by atoms with Crippen molar-refractivity contribution >= 4 is 5.91 Å². The van der Waals surface area contributed by atoms with E-state index in [0.29, 0.717) is 23.0 Å². The standard InChI is InChI=1S/C35H34F3NO8/c36-35(37,38)28-12-8-11-27(21-28)34(46-23-33(40)39-47-22-26-9-2-1-3-10-26)24-44-31-15-6-4-13-29(31)42-19-17-41-18-20-43-30-14-5-7-16-32(30)45-25-34/h1-16,21H,17-20,22-25H2,(H,39,40). The van der Waals surface area contributed by atoms with E-state index in [1.54, 1.807) is 48.5 Å². The summed E-state index contributed by atoms with van der Waals surface area (Å²) in [5.41, 5.74) is 0.552. The maximum Gasteiger partial charge on any atom is 0.416 e. The molecule has 1 aliphatic heterocycles. The SMILES string of the molecule is O=C(COC1(c2cccc(C(F)(F)F)c2)COc2ccccc2OCCOCCOc2ccccc2OC1)NOCc1ccccc1. The molecule has 0 bridgehead atoms. The zero-order valence-electron chi connectivity index (χ0n) is 25.4. The van der Waals surface area contributed by atoms with Crippen molar-refractivity contribution in [1.29, 1.82) is 0 Å². The lowest BCUT2D eigenvalue weighted by atomic mass is 9.93. The first kappa shape index (κ1) is 33.6. The van der Waals surface area contributed by atoms with Gasteiger partial charge in [-0.3, -0.25) is 9.63 Å². The summed E-state index contributed by atoms with van der Waals surface area (Å²) >= 11 is 0. The topological polar surface area (TPSA) is 93.7 Å². The molecule has 9 nitrogen and oxygen atoms in total. The van der Waals surface area contributed by atoms with Crippen LogP contribution in [-0.4, -0.2) is 52.2 Å². The zero-order chi connectivity index (χ0) is 33.0. The summed E-state index contributed by atoms with van der Waals surface area (Å²) in [5, 5.41) is 0. The van der Waals surface area contributed by atoms with Crippen LogP contribution in [0.2, 0.25) is 0 Å². The quantitative estimate of drug-likeness (QED) is 0.239. The second-order valence-corrected chi connectivity index (χ2v) is 10.4. The molecule has 1 heterocycles. The largest absolute Gasteiger partial charge is 0.487 e. The normalized spacial score (nSPS) is 15.4. The van der Waals surface area contributed by atoms with Gasteiger partial charge in [0.1, 0.15) is 33.0 Å². The highest BCUT2D eigenvalue weighted by atomic mass is 19.4. The number of carbonyl (C=O) groups excluding carboxylic acids is 1. The van der Waals surface area contributed by atoms with E-state index in [-0.39, 0.29) is 51.8 Å². The number of hydrogen-bond acceptors (Lipinski definition) is 8. The Labute approximate surface area is 270 Å². The highest BCUT2D eigenvalue weighted by Gasteiger charge is 2.40. The first-order valence-corrected chi connectivity index (χ1v) is 14.9. The van der Waals surface area contributed by atoms with Crippen molar-refractivity contribution in [3.63, 3.8) is 0 Å². The van der Waals surface area contributed by atoms with E-state index in [4.69, 9.17) is 33.3 Å². The Bertz CT molecular complexity index is 1530. The average molecular weight is 654 g/mol. The molecule has 248 valence electrons. The summed E-state index contributed by atoms with van der Waals surface area (Å²) in [5.74, 6) is 0.705. The minimum absolute atomic E-state index is 0.0663. The van der Waals surface area contributed by atoms with Gasteiger partial charge in [0.05, 0.1) is 25.4 Å². The van der Waals surface area contributed by atoms with Crippen molar-refractivity contribution in [2.45, 2.75) is 18.4 Å². The van der Waals surface area contributed by atoms with Gasteiger partial charge in [0.25, 0.3) is 5.91 Å². The highest BCUT2D eigenvalue weighted by Crippen LogP contribution is 2.37. The third kappa shape index (κ3) is 9.61. The van der Waals surface area contributed by atoms with Crippen LogP contribution in [0.5, 0.6) is 23.0 Å². The number of hydroxylamine groups is 1. The van der Waals surface area contributed by atoms with Gasteiger partial charge >= 0.3 is 6.18 Å². The smallest absolute Gasteiger partial charge is 0.416 e. The van der Waals surface area contributed by atoms with Crippen LogP contribution in [0, 0.1) is 0 Å². The first-order chi connectivity index (χ1) is 22.8. The molecule has 0 saturated heterocycles. The molecular weight excluding hydrogens is 619 g/mol. The lowest BCUT2D eigenvalue weighted by molar-refractivity contribution is -0.154. The van der Waals surface area contributed by atoms with Crippen molar-refractivity contribution in [2.75, 3.05) is 46.2 Å². The molecule has 0 atom stereocenters. The van der Waals surface area contributed by atoms with Crippen LogP contribution in [-0.2, 0) is 37.5 Å².